The van der Waals surface area contributed by atoms with Gasteiger partial charge in [0.05, 0.1) is 33.5 Å². The quantitative estimate of drug-likeness (QED) is 0.555. The second-order valence-electron chi connectivity index (χ2n) is 8.52. The Morgan fingerprint density at radius 3 is 2.57 bits per heavy atom. The van der Waals surface area contributed by atoms with Crippen molar-refractivity contribution >= 4 is 17.5 Å². The highest BCUT2D eigenvalue weighted by Crippen LogP contribution is 2.32. The number of amides is 2. The molecule has 0 spiro atoms. The van der Waals surface area contributed by atoms with Gasteiger partial charge in [-0.25, -0.2) is 0 Å². The van der Waals surface area contributed by atoms with Crippen LogP contribution in [0.3, 0.4) is 0 Å². The summed E-state index contributed by atoms with van der Waals surface area (Å²) in [6.45, 7) is 3.86. The number of nitrogens with one attached hydrogen (secondary N) is 1. The molecule has 0 unspecified atom stereocenters. The normalized spacial score (nSPS) is 17.2. The van der Waals surface area contributed by atoms with Gasteiger partial charge >= 0.3 is 0 Å². The zero-order chi connectivity index (χ0) is 24.6. The van der Waals surface area contributed by atoms with E-state index in [4.69, 9.17) is 18.9 Å². The van der Waals surface area contributed by atoms with E-state index in [1.54, 1.807) is 31.3 Å². The van der Waals surface area contributed by atoms with Crippen molar-refractivity contribution in [3.8, 4) is 17.2 Å². The summed E-state index contributed by atoms with van der Waals surface area (Å²) in [5.41, 5.74) is 1.82. The van der Waals surface area contributed by atoms with Gasteiger partial charge in [-0.3, -0.25) is 14.5 Å². The van der Waals surface area contributed by atoms with Crippen molar-refractivity contribution in [3.05, 3.63) is 48.0 Å². The summed E-state index contributed by atoms with van der Waals surface area (Å²) in [7, 11) is 3.22. The highest BCUT2D eigenvalue weighted by molar-refractivity contribution is 5.95. The Hall–Kier alpha value is -3.30. The Morgan fingerprint density at radius 1 is 1.06 bits per heavy atom. The molecule has 188 valence electrons. The number of anilines is 1. The first-order chi connectivity index (χ1) is 17.1. The zero-order valence-corrected chi connectivity index (χ0v) is 20.3. The Labute approximate surface area is 205 Å². The van der Waals surface area contributed by atoms with Crippen LogP contribution in [0.4, 0.5) is 5.69 Å². The van der Waals surface area contributed by atoms with Crippen LogP contribution in [0.1, 0.15) is 24.4 Å². The lowest BCUT2D eigenvalue weighted by Gasteiger charge is -2.35. The molecule has 9 nitrogen and oxygen atoms in total. The molecular weight excluding hydrogens is 450 g/mol. The monoisotopic (exact) mass is 483 g/mol. The summed E-state index contributed by atoms with van der Waals surface area (Å²) in [4.78, 5) is 28.7. The Balaban J connectivity index is 1.38. The highest BCUT2D eigenvalue weighted by Gasteiger charge is 2.25. The first-order valence-corrected chi connectivity index (χ1v) is 11.9. The summed E-state index contributed by atoms with van der Waals surface area (Å²) < 4.78 is 22.1. The van der Waals surface area contributed by atoms with Crippen molar-refractivity contribution < 1.29 is 28.5 Å². The molecule has 1 atom stereocenters. The topological polar surface area (TPSA) is 89.6 Å². The molecule has 2 saturated heterocycles. The fourth-order valence-corrected chi connectivity index (χ4v) is 4.48. The summed E-state index contributed by atoms with van der Waals surface area (Å²) in [6, 6.07) is 13.1. The van der Waals surface area contributed by atoms with Crippen LogP contribution < -0.4 is 24.4 Å². The van der Waals surface area contributed by atoms with Gasteiger partial charge in [0, 0.05) is 44.4 Å². The van der Waals surface area contributed by atoms with Crippen LogP contribution in [0.25, 0.3) is 0 Å². The number of rotatable bonds is 10. The minimum atomic E-state index is -0.216. The lowest BCUT2D eigenvalue weighted by Crippen LogP contribution is -2.44. The number of morpholine rings is 1. The lowest BCUT2D eigenvalue weighted by molar-refractivity contribution is -0.123. The molecule has 0 aliphatic carbocycles. The lowest BCUT2D eigenvalue weighted by atomic mass is 10.0. The Bertz CT molecular complexity index is 1020. The minimum Gasteiger partial charge on any atom is -0.493 e. The molecule has 2 aliphatic heterocycles. The van der Waals surface area contributed by atoms with Gasteiger partial charge in [-0.1, -0.05) is 12.1 Å². The average molecular weight is 484 g/mol. The molecule has 2 amide bonds. The summed E-state index contributed by atoms with van der Waals surface area (Å²) in [5.74, 6) is 1.76. The van der Waals surface area contributed by atoms with E-state index in [0.29, 0.717) is 50.0 Å². The molecule has 0 bridgehead atoms. The van der Waals surface area contributed by atoms with Gasteiger partial charge in [-0.15, -0.1) is 0 Å². The van der Waals surface area contributed by atoms with Crippen LogP contribution in [0.2, 0.25) is 0 Å². The molecule has 9 heteroatoms. The zero-order valence-electron chi connectivity index (χ0n) is 20.3. The maximum Gasteiger partial charge on any atom is 0.258 e. The van der Waals surface area contributed by atoms with Crippen LogP contribution in [0.5, 0.6) is 17.2 Å². The van der Waals surface area contributed by atoms with Gasteiger partial charge in [0.15, 0.2) is 18.1 Å². The van der Waals surface area contributed by atoms with E-state index >= 15 is 0 Å². The molecule has 0 aromatic heterocycles. The molecule has 4 rings (SSSR count). The Morgan fingerprint density at radius 2 is 1.86 bits per heavy atom. The van der Waals surface area contributed by atoms with E-state index in [1.165, 1.54) is 0 Å². The highest BCUT2D eigenvalue weighted by atomic mass is 16.5. The van der Waals surface area contributed by atoms with Crippen molar-refractivity contribution in [3.63, 3.8) is 0 Å². The Kier molecular flexibility index (Phi) is 8.44. The fraction of sp³-hybridized carbons (Fsp3) is 0.462. The predicted molar refractivity (Wildman–Crippen MR) is 131 cm³/mol. The number of carbonyl (C=O) groups excluding carboxylic acids is 2. The average Bonchev–Trinajstić information content (AvgIpc) is 3.34. The smallest absolute Gasteiger partial charge is 0.258 e. The molecule has 2 aromatic carbocycles. The first kappa shape index (κ1) is 24.8. The number of ether oxygens (including phenoxy) is 4. The second-order valence-corrected chi connectivity index (χ2v) is 8.52. The van der Waals surface area contributed by atoms with Gasteiger partial charge in [-0.2, -0.15) is 0 Å². The first-order valence-electron chi connectivity index (χ1n) is 11.9. The number of carbonyl (C=O) groups is 2. The van der Waals surface area contributed by atoms with E-state index in [-0.39, 0.29) is 24.5 Å². The minimum absolute atomic E-state index is 0.0489. The largest absolute Gasteiger partial charge is 0.493 e. The third-order valence-electron chi connectivity index (χ3n) is 6.34. The van der Waals surface area contributed by atoms with E-state index in [9.17, 15) is 9.59 Å². The van der Waals surface area contributed by atoms with Gasteiger partial charge in [0.2, 0.25) is 5.91 Å². The van der Waals surface area contributed by atoms with Crippen molar-refractivity contribution in [1.82, 2.24) is 10.2 Å². The van der Waals surface area contributed by atoms with Gasteiger partial charge in [0.25, 0.3) is 5.91 Å². The van der Waals surface area contributed by atoms with Crippen molar-refractivity contribution in [1.29, 1.82) is 0 Å². The maximum atomic E-state index is 12.7. The number of hydrogen-bond donors (Lipinski definition) is 1. The van der Waals surface area contributed by atoms with Crippen molar-refractivity contribution in [2.24, 2.45) is 0 Å². The molecular formula is C26H33N3O6. The van der Waals surface area contributed by atoms with E-state index in [0.717, 1.165) is 30.8 Å². The number of nitrogens with zero attached hydrogens (tertiary/aromatic N) is 2. The van der Waals surface area contributed by atoms with Crippen molar-refractivity contribution in [2.45, 2.75) is 18.9 Å². The molecule has 2 aromatic rings. The fourth-order valence-electron chi connectivity index (χ4n) is 4.48. The maximum absolute atomic E-state index is 12.7. The van der Waals surface area contributed by atoms with Gasteiger partial charge in [-0.05, 0) is 36.2 Å². The van der Waals surface area contributed by atoms with Crippen LogP contribution in [0, 0.1) is 0 Å². The molecule has 2 heterocycles. The van der Waals surface area contributed by atoms with Gasteiger partial charge in [0.1, 0.15) is 5.75 Å². The van der Waals surface area contributed by atoms with Crippen LogP contribution in [-0.2, 0) is 14.3 Å². The van der Waals surface area contributed by atoms with Gasteiger partial charge < -0.3 is 29.2 Å². The number of hydrogen-bond acceptors (Lipinski definition) is 7. The predicted octanol–water partition coefficient (Wildman–Crippen LogP) is 2.40. The van der Waals surface area contributed by atoms with Crippen molar-refractivity contribution in [2.75, 3.05) is 65.1 Å². The molecule has 2 aliphatic rings. The van der Waals surface area contributed by atoms with Crippen LogP contribution in [-0.4, -0.2) is 76.9 Å². The van der Waals surface area contributed by atoms with E-state index < -0.39 is 0 Å². The molecule has 1 N–H and O–H groups in total. The third kappa shape index (κ3) is 6.23. The molecule has 35 heavy (non-hydrogen) atoms. The molecule has 2 fully saturated rings. The SMILES string of the molecule is COc1ccc([C@@H](CNC(=O)COc2cccc(N3CCCC3=O)c2)N2CCOCC2)cc1OC. The van der Waals surface area contributed by atoms with Crippen LogP contribution in [0.15, 0.2) is 42.5 Å². The number of methoxy groups -OCH3 is 2. The van der Waals surface area contributed by atoms with E-state index in [1.807, 2.05) is 30.3 Å². The third-order valence-corrected chi connectivity index (χ3v) is 6.34. The standard InChI is InChI=1S/C26H33N3O6/c1-32-23-9-8-19(15-24(23)33-2)22(28-11-13-34-14-12-28)17-27-25(30)18-35-21-6-3-5-20(16-21)29-10-4-7-26(29)31/h3,5-6,8-9,15-16,22H,4,7,10-14,17-18H2,1-2H3,(H,27,30)/t22-/m1/s1. The molecule has 0 radical (unpaired) electrons. The number of benzene rings is 2. The summed E-state index contributed by atoms with van der Waals surface area (Å²) in [6.07, 6.45) is 1.43. The van der Waals surface area contributed by atoms with E-state index in [2.05, 4.69) is 10.2 Å². The van der Waals surface area contributed by atoms with Crippen LogP contribution >= 0.6 is 0 Å². The summed E-state index contributed by atoms with van der Waals surface area (Å²) in [5, 5.41) is 3.01. The summed E-state index contributed by atoms with van der Waals surface area (Å²) >= 11 is 0. The second kappa shape index (κ2) is 11.9. The molecule has 0 saturated carbocycles.